The molecule has 20 heavy (non-hydrogen) atoms. The van der Waals surface area contributed by atoms with E-state index >= 15 is 0 Å². The minimum absolute atomic E-state index is 0.799. The highest BCUT2D eigenvalue weighted by molar-refractivity contribution is 5.84. The highest BCUT2D eigenvalue weighted by atomic mass is 15.2. The van der Waals surface area contributed by atoms with Crippen LogP contribution in [-0.2, 0) is 6.54 Å². The number of hydrogen-bond donors (Lipinski definition) is 1. The molecular weight excluding hydrogens is 246 g/mol. The first-order valence-electron chi connectivity index (χ1n) is 7.17. The molecule has 0 radical (unpaired) electrons. The van der Waals surface area contributed by atoms with E-state index < -0.39 is 0 Å². The maximum absolute atomic E-state index is 4.73. The number of likely N-dealkylation sites (N-methyl/N-ethyl adjacent to an activating group) is 1. The van der Waals surface area contributed by atoms with Crippen LogP contribution >= 0.6 is 0 Å². The van der Waals surface area contributed by atoms with Crippen LogP contribution in [0.1, 0.15) is 18.9 Å². The smallest absolute Gasteiger partial charge is 0.129 e. The number of aromatic nitrogens is 1. The van der Waals surface area contributed by atoms with Gasteiger partial charge in [0.05, 0.1) is 5.52 Å². The van der Waals surface area contributed by atoms with Crippen LogP contribution in [0.15, 0.2) is 43.0 Å². The van der Waals surface area contributed by atoms with Gasteiger partial charge in [-0.05, 0) is 30.7 Å². The zero-order valence-corrected chi connectivity index (χ0v) is 12.4. The molecule has 1 N–H and O–H groups in total. The second-order valence-corrected chi connectivity index (χ2v) is 5.00. The van der Waals surface area contributed by atoms with Crippen molar-refractivity contribution in [2.45, 2.75) is 19.9 Å². The van der Waals surface area contributed by atoms with E-state index in [9.17, 15) is 0 Å². The van der Waals surface area contributed by atoms with E-state index in [0.29, 0.717) is 0 Å². The Hall–Kier alpha value is -1.87. The number of nitrogens with one attached hydrogen (secondary N) is 1. The van der Waals surface area contributed by atoms with Crippen LogP contribution in [0.4, 0.5) is 5.82 Å². The summed E-state index contributed by atoms with van der Waals surface area (Å²) in [6.07, 6.45) is 3.04. The molecule has 0 unspecified atom stereocenters. The normalized spacial score (nSPS) is 10.7. The number of hydrogen-bond acceptors (Lipinski definition) is 3. The zero-order valence-electron chi connectivity index (χ0n) is 12.4. The van der Waals surface area contributed by atoms with Crippen molar-refractivity contribution in [1.82, 2.24) is 10.3 Å². The summed E-state index contributed by atoms with van der Waals surface area (Å²) in [5, 5.41) is 4.70. The molecule has 0 bridgehead atoms. The summed E-state index contributed by atoms with van der Waals surface area (Å²) in [6, 6.07) is 10.5. The summed E-state index contributed by atoms with van der Waals surface area (Å²) in [5.74, 6) is 0.997. The second kappa shape index (κ2) is 7.06. The summed E-state index contributed by atoms with van der Waals surface area (Å²) in [6.45, 7) is 8.69. The largest absolute Gasteiger partial charge is 0.356 e. The number of pyridine rings is 1. The molecule has 0 saturated heterocycles. The summed E-state index contributed by atoms with van der Waals surface area (Å²) in [5.41, 5.74) is 2.35. The number of para-hydroxylation sites is 1. The van der Waals surface area contributed by atoms with E-state index in [1.807, 2.05) is 19.2 Å². The molecular formula is C17H23N3. The highest BCUT2D eigenvalue weighted by Gasteiger charge is 2.07. The maximum atomic E-state index is 4.73. The second-order valence-electron chi connectivity index (χ2n) is 5.00. The van der Waals surface area contributed by atoms with Crippen molar-refractivity contribution in [3.8, 4) is 0 Å². The van der Waals surface area contributed by atoms with Gasteiger partial charge in [-0.1, -0.05) is 31.2 Å². The van der Waals surface area contributed by atoms with Gasteiger partial charge < -0.3 is 10.2 Å². The highest BCUT2D eigenvalue weighted by Crippen LogP contribution is 2.22. The first-order chi connectivity index (χ1) is 9.76. The molecule has 2 rings (SSSR count). The molecule has 3 nitrogen and oxygen atoms in total. The Balaban J connectivity index is 2.38. The number of rotatable bonds is 7. The van der Waals surface area contributed by atoms with Crippen molar-refractivity contribution in [2.24, 2.45) is 0 Å². The minimum atomic E-state index is 0.799. The average molecular weight is 269 g/mol. The van der Waals surface area contributed by atoms with Crippen LogP contribution in [0.25, 0.3) is 10.9 Å². The van der Waals surface area contributed by atoms with Crippen LogP contribution < -0.4 is 10.2 Å². The molecule has 0 amide bonds. The summed E-state index contributed by atoms with van der Waals surface area (Å²) < 4.78 is 0. The van der Waals surface area contributed by atoms with Gasteiger partial charge in [0.1, 0.15) is 5.82 Å². The lowest BCUT2D eigenvalue weighted by Crippen LogP contribution is -2.19. The van der Waals surface area contributed by atoms with Gasteiger partial charge >= 0.3 is 0 Å². The van der Waals surface area contributed by atoms with Crippen LogP contribution in [0.5, 0.6) is 0 Å². The number of benzene rings is 1. The Kier molecular flexibility index (Phi) is 5.13. The van der Waals surface area contributed by atoms with Crippen LogP contribution in [0.3, 0.4) is 0 Å². The predicted molar refractivity (Wildman–Crippen MR) is 87.2 cm³/mol. The monoisotopic (exact) mass is 269 g/mol. The van der Waals surface area contributed by atoms with Gasteiger partial charge in [0, 0.05) is 25.5 Å². The van der Waals surface area contributed by atoms with Crippen molar-refractivity contribution in [3.63, 3.8) is 0 Å². The molecule has 106 valence electrons. The van der Waals surface area contributed by atoms with Gasteiger partial charge in [0.2, 0.25) is 0 Å². The molecule has 2 aromatic rings. The van der Waals surface area contributed by atoms with Crippen LogP contribution in [-0.4, -0.2) is 25.1 Å². The van der Waals surface area contributed by atoms with Crippen molar-refractivity contribution in [1.29, 1.82) is 0 Å². The summed E-state index contributed by atoms with van der Waals surface area (Å²) in [4.78, 5) is 6.85. The standard InChI is InChI=1S/C17H23N3/c1-4-10-18-13-14-12-17(20(3)11-5-2)19-16-9-7-6-8-15(14)16/h5-9,12,18H,2,4,10-11,13H2,1,3H3. The minimum Gasteiger partial charge on any atom is -0.356 e. The van der Waals surface area contributed by atoms with E-state index in [1.165, 1.54) is 10.9 Å². The third-order valence-electron chi connectivity index (χ3n) is 3.32. The van der Waals surface area contributed by atoms with Gasteiger partial charge in [-0.15, -0.1) is 6.58 Å². The Bertz CT molecular complexity index is 577. The molecule has 1 heterocycles. The zero-order chi connectivity index (χ0) is 14.4. The average Bonchev–Trinajstić information content (AvgIpc) is 2.47. The first-order valence-corrected chi connectivity index (χ1v) is 7.17. The Morgan fingerprint density at radius 2 is 2.15 bits per heavy atom. The van der Waals surface area contributed by atoms with E-state index in [2.05, 4.69) is 48.0 Å². The van der Waals surface area contributed by atoms with Gasteiger partial charge in [0.25, 0.3) is 0 Å². The van der Waals surface area contributed by atoms with E-state index in [4.69, 9.17) is 4.98 Å². The number of nitrogens with zero attached hydrogens (tertiary/aromatic N) is 2. The third-order valence-corrected chi connectivity index (χ3v) is 3.32. The van der Waals surface area contributed by atoms with Gasteiger partial charge in [-0.3, -0.25) is 0 Å². The van der Waals surface area contributed by atoms with Crippen LogP contribution in [0, 0.1) is 0 Å². The van der Waals surface area contributed by atoms with Crippen molar-refractivity contribution < 1.29 is 0 Å². The van der Waals surface area contributed by atoms with Crippen molar-refractivity contribution >= 4 is 16.7 Å². The SMILES string of the molecule is C=CCN(C)c1cc(CNCCC)c2ccccc2n1. The lowest BCUT2D eigenvalue weighted by Gasteiger charge is -2.18. The molecule has 0 aliphatic heterocycles. The van der Waals surface area contributed by atoms with E-state index in [1.54, 1.807) is 0 Å². The molecule has 1 aromatic carbocycles. The fourth-order valence-corrected chi connectivity index (χ4v) is 2.26. The lowest BCUT2D eigenvalue weighted by atomic mass is 10.1. The summed E-state index contributed by atoms with van der Waals surface area (Å²) >= 11 is 0. The Morgan fingerprint density at radius 3 is 2.90 bits per heavy atom. The Morgan fingerprint density at radius 1 is 1.35 bits per heavy atom. The molecule has 0 spiro atoms. The van der Waals surface area contributed by atoms with Gasteiger partial charge in [-0.25, -0.2) is 4.98 Å². The Labute approximate surface area is 121 Å². The van der Waals surface area contributed by atoms with Crippen LogP contribution in [0.2, 0.25) is 0 Å². The number of anilines is 1. The quantitative estimate of drug-likeness (QED) is 0.617. The molecule has 0 fully saturated rings. The topological polar surface area (TPSA) is 28.2 Å². The molecule has 0 atom stereocenters. The lowest BCUT2D eigenvalue weighted by molar-refractivity contribution is 0.677. The molecule has 0 aliphatic carbocycles. The fourth-order valence-electron chi connectivity index (χ4n) is 2.26. The third kappa shape index (κ3) is 3.36. The fraction of sp³-hybridized carbons (Fsp3) is 0.353. The maximum Gasteiger partial charge on any atom is 0.129 e. The van der Waals surface area contributed by atoms with Crippen molar-refractivity contribution in [2.75, 3.05) is 25.0 Å². The molecule has 0 aliphatic rings. The van der Waals surface area contributed by atoms with Gasteiger partial charge in [0.15, 0.2) is 0 Å². The first kappa shape index (κ1) is 14.5. The molecule has 1 aromatic heterocycles. The van der Waals surface area contributed by atoms with E-state index in [0.717, 1.165) is 37.4 Å². The van der Waals surface area contributed by atoms with E-state index in [-0.39, 0.29) is 0 Å². The molecule has 3 heteroatoms. The number of fused-ring (bicyclic) bond motifs is 1. The predicted octanol–water partition coefficient (Wildman–Crippen LogP) is 3.36. The molecule has 0 saturated carbocycles. The van der Waals surface area contributed by atoms with Gasteiger partial charge in [-0.2, -0.15) is 0 Å². The summed E-state index contributed by atoms with van der Waals surface area (Å²) in [7, 11) is 2.04. The van der Waals surface area contributed by atoms with Crippen molar-refractivity contribution in [3.05, 3.63) is 48.6 Å².